The number of hydrogen-bond donors (Lipinski definition) is 0. The Morgan fingerprint density at radius 3 is 1.38 bits per heavy atom. The fourth-order valence-electron chi connectivity index (χ4n) is 5.00. The van der Waals surface area contributed by atoms with E-state index in [1.807, 2.05) is 0 Å². The zero-order chi connectivity index (χ0) is 24.1. The Bertz CT molecular complexity index is 1130. The summed E-state index contributed by atoms with van der Waals surface area (Å²) in [5.74, 6) is 1.03. The van der Waals surface area contributed by atoms with Crippen LogP contribution < -0.4 is 4.74 Å². The number of rotatable bonds is 8. The minimum Gasteiger partial charge on any atom is -0.472 e. The van der Waals surface area contributed by atoms with Gasteiger partial charge in [0.25, 0.3) is 0 Å². The van der Waals surface area contributed by atoms with E-state index in [0.717, 1.165) is 41.7 Å². The van der Waals surface area contributed by atoms with Gasteiger partial charge in [0.2, 0.25) is 0 Å². The summed E-state index contributed by atoms with van der Waals surface area (Å²) in [7, 11) is 0. The minimum atomic E-state index is -0.760. The van der Waals surface area contributed by atoms with Crippen molar-refractivity contribution in [2.24, 2.45) is 0 Å². The molecule has 34 heavy (non-hydrogen) atoms. The van der Waals surface area contributed by atoms with Crippen LogP contribution in [0, 0.1) is 27.7 Å². The summed E-state index contributed by atoms with van der Waals surface area (Å²) < 4.78 is 7.44. The molecule has 4 aromatic carbocycles. The molecular formula is C33H36O. The number of benzene rings is 4. The standard InChI is InChI=1S/C33H36O/c1-6-7-23-31-26(4)24(2)25(3)27(5)32(31)34-33(28-17-11-8-12-18-28,29-19-13-9-14-20-29)30-21-15-10-16-22-30/h8-22H,6-7,23H2,1-5H3. The van der Waals surface area contributed by atoms with Crippen LogP contribution in [0.25, 0.3) is 0 Å². The third-order valence-corrected chi connectivity index (χ3v) is 7.33. The first-order chi connectivity index (χ1) is 16.5. The van der Waals surface area contributed by atoms with Gasteiger partial charge in [-0.25, -0.2) is 0 Å². The molecule has 0 radical (unpaired) electrons. The van der Waals surface area contributed by atoms with Crippen molar-refractivity contribution in [1.29, 1.82) is 0 Å². The molecule has 0 aromatic heterocycles. The van der Waals surface area contributed by atoms with Crippen LogP contribution in [0.3, 0.4) is 0 Å². The average molecular weight is 449 g/mol. The first-order valence-electron chi connectivity index (χ1n) is 12.5. The van der Waals surface area contributed by atoms with Gasteiger partial charge in [0.05, 0.1) is 0 Å². The van der Waals surface area contributed by atoms with Crippen molar-refractivity contribution < 1.29 is 4.74 Å². The van der Waals surface area contributed by atoms with E-state index in [-0.39, 0.29) is 0 Å². The summed E-state index contributed by atoms with van der Waals surface area (Å²) in [6.45, 7) is 11.2. The molecular weight excluding hydrogens is 412 g/mol. The Morgan fingerprint density at radius 2 is 0.971 bits per heavy atom. The summed E-state index contributed by atoms with van der Waals surface area (Å²) in [4.78, 5) is 0. The predicted molar refractivity (Wildman–Crippen MR) is 144 cm³/mol. The highest BCUT2D eigenvalue weighted by molar-refractivity contribution is 5.57. The first-order valence-corrected chi connectivity index (χ1v) is 12.5. The second-order valence-corrected chi connectivity index (χ2v) is 9.29. The van der Waals surface area contributed by atoms with E-state index in [1.54, 1.807) is 0 Å². The van der Waals surface area contributed by atoms with Crippen molar-refractivity contribution >= 4 is 0 Å². The maximum atomic E-state index is 7.44. The fourth-order valence-corrected chi connectivity index (χ4v) is 5.00. The van der Waals surface area contributed by atoms with E-state index in [0.29, 0.717) is 0 Å². The Labute approximate surface area is 205 Å². The van der Waals surface area contributed by atoms with E-state index in [9.17, 15) is 0 Å². The molecule has 4 aromatic rings. The zero-order valence-electron chi connectivity index (χ0n) is 21.2. The molecule has 1 nitrogen and oxygen atoms in total. The van der Waals surface area contributed by atoms with Crippen molar-refractivity contribution in [3.05, 3.63) is 136 Å². The normalized spacial score (nSPS) is 11.4. The van der Waals surface area contributed by atoms with Crippen LogP contribution in [-0.4, -0.2) is 0 Å². The van der Waals surface area contributed by atoms with Gasteiger partial charge in [0, 0.05) is 16.7 Å². The van der Waals surface area contributed by atoms with Gasteiger partial charge in [0.15, 0.2) is 5.60 Å². The number of ether oxygens (including phenoxy) is 1. The van der Waals surface area contributed by atoms with Crippen LogP contribution in [-0.2, 0) is 12.0 Å². The Morgan fingerprint density at radius 1 is 0.559 bits per heavy atom. The monoisotopic (exact) mass is 448 g/mol. The highest BCUT2D eigenvalue weighted by Crippen LogP contribution is 2.45. The summed E-state index contributed by atoms with van der Waals surface area (Å²) in [5, 5.41) is 0. The molecule has 0 aliphatic carbocycles. The summed E-state index contributed by atoms with van der Waals surface area (Å²) >= 11 is 0. The summed E-state index contributed by atoms with van der Waals surface area (Å²) in [6.07, 6.45) is 3.33. The Kier molecular flexibility index (Phi) is 7.22. The summed E-state index contributed by atoms with van der Waals surface area (Å²) in [5.41, 5.74) is 9.25. The molecule has 0 saturated carbocycles. The molecule has 0 bridgehead atoms. The van der Waals surface area contributed by atoms with Gasteiger partial charge < -0.3 is 4.74 Å². The van der Waals surface area contributed by atoms with Crippen molar-refractivity contribution in [3.63, 3.8) is 0 Å². The van der Waals surface area contributed by atoms with E-state index < -0.39 is 5.60 Å². The fraction of sp³-hybridized carbons (Fsp3) is 0.273. The van der Waals surface area contributed by atoms with Crippen LogP contribution in [0.15, 0.2) is 91.0 Å². The van der Waals surface area contributed by atoms with E-state index in [2.05, 4.69) is 126 Å². The molecule has 1 heteroatoms. The van der Waals surface area contributed by atoms with E-state index in [4.69, 9.17) is 4.74 Å². The van der Waals surface area contributed by atoms with Crippen molar-refractivity contribution in [2.45, 2.75) is 59.5 Å². The van der Waals surface area contributed by atoms with Gasteiger partial charge in [-0.2, -0.15) is 0 Å². The van der Waals surface area contributed by atoms with Gasteiger partial charge >= 0.3 is 0 Å². The SMILES string of the molecule is CCCCc1c(C)c(C)c(C)c(C)c1OC(c1ccccc1)(c1ccccc1)c1ccccc1. The maximum Gasteiger partial charge on any atom is 0.184 e. The number of unbranched alkanes of at least 4 members (excludes halogenated alkanes) is 1. The van der Waals surface area contributed by atoms with Crippen molar-refractivity contribution in [1.82, 2.24) is 0 Å². The van der Waals surface area contributed by atoms with Gasteiger partial charge in [-0.1, -0.05) is 104 Å². The zero-order valence-corrected chi connectivity index (χ0v) is 21.2. The van der Waals surface area contributed by atoms with Crippen LogP contribution >= 0.6 is 0 Å². The molecule has 0 aliphatic heterocycles. The Balaban J connectivity index is 2.06. The van der Waals surface area contributed by atoms with Crippen molar-refractivity contribution in [3.8, 4) is 5.75 Å². The molecule has 0 fully saturated rings. The first kappa shape index (κ1) is 23.8. The second kappa shape index (κ2) is 10.3. The topological polar surface area (TPSA) is 9.23 Å². The molecule has 0 saturated heterocycles. The lowest BCUT2D eigenvalue weighted by atomic mass is 9.79. The highest BCUT2D eigenvalue weighted by Gasteiger charge is 2.40. The minimum absolute atomic E-state index is 0.760. The smallest absolute Gasteiger partial charge is 0.184 e. The second-order valence-electron chi connectivity index (χ2n) is 9.29. The lowest BCUT2D eigenvalue weighted by Gasteiger charge is -2.38. The highest BCUT2D eigenvalue weighted by atomic mass is 16.5. The lowest BCUT2D eigenvalue weighted by molar-refractivity contribution is 0.152. The molecule has 0 unspecified atom stereocenters. The van der Waals surface area contributed by atoms with E-state index in [1.165, 1.54) is 27.8 Å². The van der Waals surface area contributed by atoms with Gasteiger partial charge in [-0.05, 0) is 68.4 Å². The average Bonchev–Trinajstić information content (AvgIpc) is 2.90. The lowest BCUT2D eigenvalue weighted by Crippen LogP contribution is -2.36. The molecule has 0 N–H and O–H groups in total. The molecule has 0 spiro atoms. The third kappa shape index (κ3) is 4.28. The molecule has 174 valence electrons. The van der Waals surface area contributed by atoms with Gasteiger partial charge in [-0.3, -0.25) is 0 Å². The van der Waals surface area contributed by atoms with Crippen LogP contribution in [0.5, 0.6) is 5.75 Å². The van der Waals surface area contributed by atoms with Crippen LogP contribution in [0.1, 0.15) is 64.3 Å². The molecule has 0 heterocycles. The molecule has 4 rings (SSSR count). The third-order valence-electron chi connectivity index (χ3n) is 7.33. The van der Waals surface area contributed by atoms with Crippen LogP contribution in [0.4, 0.5) is 0 Å². The van der Waals surface area contributed by atoms with Crippen molar-refractivity contribution in [2.75, 3.05) is 0 Å². The van der Waals surface area contributed by atoms with Crippen LogP contribution in [0.2, 0.25) is 0 Å². The maximum absolute atomic E-state index is 7.44. The largest absolute Gasteiger partial charge is 0.472 e. The van der Waals surface area contributed by atoms with E-state index >= 15 is 0 Å². The molecule has 0 amide bonds. The molecule has 0 atom stereocenters. The predicted octanol–water partition coefficient (Wildman–Crippen LogP) is 8.63. The summed E-state index contributed by atoms with van der Waals surface area (Å²) in [6, 6.07) is 32.0. The number of hydrogen-bond acceptors (Lipinski definition) is 1. The van der Waals surface area contributed by atoms with Gasteiger partial charge in [0.1, 0.15) is 5.75 Å². The molecule has 0 aliphatic rings. The van der Waals surface area contributed by atoms with Gasteiger partial charge in [-0.15, -0.1) is 0 Å². The quantitative estimate of drug-likeness (QED) is 0.245. The Hall–Kier alpha value is -3.32.